The predicted octanol–water partition coefficient (Wildman–Crippen LogP) is 0.569. The molecule has 2 rings (SSSR count). The fourth-order valence-electron chi connectivity index (χ4n) is 1.43. The van der Waals surface area contributed by atoms with Crippen molar-refractivity contribution in [2.75, 3.05) is 7.11 Å². The summed E-state index contributed by atoms with van der Waals surface area (Å²) in [5.74, 6) is -0.0482. The Morgan fingerprint density at radius 1 is 1.50 bits per heavy atom. The average Bonchev–Trinajstić information content (AvgIpc) is 2.70. The first-order chi connectivity index (χ1) is 7.63. The van der Waals surface area contributed by atoms with Crippen molar-refractivity contribution in [2.24, 2.45) is 0 Å². The maximum Gasteiger partial charge on any atom is 0.339 e. The molecule has 0 radical (unpaired) electrons. The molecule has 2 aromatic heterocycles. The number of fused-ring (bicyclic) bond motifs is 1. The number of aliphatic hydroxyl groups excluding tert-OH is 1. The first-order valence-electron chi connectivity index (χ1n) is 4.74. The molecule has 1 N–H and O–H groups in total. The molecular formula is C10H11N3O3. The summed E-state index contributed by atoms with van der Waals surface area (Å²) in [4.78, 5) is 11.3. The van der Waals surface area contributed by atoms with E-state index in [1.54, 1.807) is 29.7 Å². The highest BCUT2D eigenvalue weighted by Gasteiger charge is 2.13. The number of carbonyl (C=O) groups is 1. The SMILES string of the molecule is COC(=O)c1ccc2nnc([C@H](C)O)n2c1. The first kappa shape index (κ1) is 10.6. The van der Waals surface area contributed by atoms with Crippen molar-refractivity contribution in [1.29, 1.82) is 0 Å². The van der Waals surface area contributed by atoms with Gasteiger partial charge in [-0.2, -0.15) is 0 Å². The molecule has 0 saturated heterocycles. The maximum atomic E-state index is 11.3. The van der Waals surface area contributed by atoms with Crippen molar-refractivity contribution in [3.63, 3.8) is 0 Å². The van der Waals surface area contributed by atoms with Gasteiger partial charge >= 0.3 is 5.97 Å². The number of aromatic nitrogens is 3. The van der Waals surface area contributed by atoms with Crippen LogP contribution in [0.15, 0.2) is 18.3 Å². The minimum absolute atomic E-state index is 0.386. The number of hydrogen-bond donors (Lipinski definition) is 1. The first-order valence-corrected chi connectivity index (χ1v) is 4.74. The second-order valence-corrected chi connectivity index (χ2v) is 3.37. The van der Waals surface area contributed by atoms with E-state index in [0.717, 1.165) is 0 Å². The van der Waals surface area contributed by atoms with Crippen LogP contribution in [0.2, 0.25) is 0 Å². The molecule has 0 aromatic carbocycles. The topological polar surface area (TPSA) is 76.7 Å². The molecule has 6 nitrogen and oxygen atoms in total. The van der Waals surface area contributed by atoms with Crippen LogP contribution in [0.4, 0.5) is 0 Å². The van der Waals surface area contributed by atoms with E-state index < -0.39 is 12.1 Å². The van der Waals surface area contributed by atoms with E-state index >= 15 is 0 Å². The van der Waals surface area contributed by atoms with Gasteiger partial charge in [-0.25, -0.2) is 4.79 Å². The molecule has 84 valence electrons. The molecule has 0 fully saturated rings. The summed E-state index contributed by atoms with van der Waals surface area (Å²) in [6, 6.07) is 3.24. The number of aliphatic hydroxyl groups is 1. The number of ether oxygens (including phenoxy) is 1. The van der Waals surface area contributed by atoms with E-state index in [-0.39, 0.29) is 0 Å². The fourth-order valence-corrected chi connectivity index (χ4v) is 1.43. The molecular weight excluding hydrogens is 210 g/mol. The van der Waals surface area contributed by atoms with Gasteiger partial charge in [0.05, 0.1) is 12.7 Å². The van der Waals surface area contributed by atoms with Crippen molar-refractivity contribution < 1.29 is 14.6 Å². The summed E-state index contributed by atoms with van der Waals surface area (Å²) in [6.07, 6.45) is 0.798. The van der Waals surface area contributed by atoms with E-state index in [9.17, 15) is 9.90 Å². The van der Waals surface area contributed by atoms with Gasteiger partial charge in [-0.3, -0.25) is 4.40 Å². The van der Waals surface area contributed by atoms with Gasteiger partial charge in [0.15, 0.2) is 11.5 Å². The molecule has 0 aliphatic carbocycles. The smallest absolute Gasteiger partial charge is 0.339 e. The van der Waals surface area contributed by atoms with Gasteiger partial charge in [0, 0.05) is 6.20 Å². The summed E-state index contributed by atoms with van der Waals surface area (Å²) in [6.45, 7) is 1.58. The highest BCUT2D eigenvalue weighted by molar-refractivity contribution is 5.89. The van der Waals surface area contributed by atoms with Crippen LogP contribution < -0.4 is 0 Å². The van der Waals surface area contributed by atoms with Crippen LogP contribution in [0.5, 0.6) is 0 Å². The highest BCUT2D eigenvalue weighted by atomic mass is 16.5. The Morgan fingerprint density at radius 3 is 2.88 bits per heavy atom. The molecule has 0 saturated carbocycles. The van der Waals surface area contributed by atoms with Crippen LogP contribution in [-0.2, 0) is 4.74 Å². The summed E-state index contributed by atoms with van der Waals surface area (Å²) in [7, 11) is 1.31. The monoisotopic (exact) mass is 221 g/mol. The Bertz CT molecular complexity index is 533. The van der Waals surface area contributed by atoms with Gasteiger partial charge in [0.25, 0.3) is 0 Å². The van der Waals surface area contributed by atoms with Gasteiger partial charge in [0.1, 0.15) is 6.10 Å². The number of carbonyl (C=O) groups excluding carboxylic acids is 1. The molecule has 0 spiro atoms. The molecule has 6 heteroatoms. The molecule has 0 bridgehead atoms. The van der Waals surface area contributed by atoms with E-state index in [2.05, 4.69) is 14.9 Å². The van der Waals surface area contributed by atoms with Gasteiger partial charge in [-0.1, -0.05) is 0 Å². The van der Waals surface area contributed by atoms with Gasteiger partial charge in [-0.15, -0.1) is 10.2 Å². The van der Waals surface area contributed by atoms with Crippen molar-refractivity contribution in [1.82, 2.24) is 14.6 Å². The minimum atomic E-state index is -0.747. The summed E-state index contributed by atoms with van der Waals surface area (Å²) >= 11 is 0. The normalized spacial score (nSPS) is 12.7. The summed E-state index contributed by atoms with van der Waals surface area (Å²) < 4.78 is 6.17. The predicted molar refractivity (Wildman–Crippen MR) is 55.0 cm³/mol. The number of pyridine rings is 1. The lowest BCUT2D eigenvalue weighted by atomic mass is 10.3. The Balaban J connectivity index is 2.58. The van der Waals surface area contributed by atoms with Crippen LogP contribution in [0.3, 0.4) is 0 Å². The molecule has 0 amide bonds. The highest BCUT2D eigenvalue weighted by Crippen LogP contribution is 2.13. The van der Waals surface area contributed by atoms with Crippen LogP contribution in [0, 0.1) is 0 Å². The third-order valence-electron chi connectivity index (χ3n) is 2.22. The zero-order valence-corrected chi connectivity index (χ0v) is 8.91. The van der Waals surface area contributed by atoms with Gasteiger partial charge in [0.2, 0.25) is 0 Å². The van der Waals surface area contributed by atoms with E-state index in [4.69, 9.17) is 0 Å². The summed E-state index contributed by atoms with van der Waals surface area (Å²) in [5.41, 5.74) is 0.959. The van der Waals surface area contributed by atoms with E-state index in [1.807, 2.05) is 0 Å². The third-order valence-corrected chi connectivity index (χ3v) is 2.22. The standard InChI is InChI=1S/C10H11N3O3/c1-6(14)9-12-11-8-4-3-7(5-13(8)9)10(15)16-2/h3-6,14H,1-2H3/t6-/m0/s1. The summed E-state index contributed by atoms with van der Waals surface area (Å²) in [5, 5.41) is 17.2. The number of rotatable bonds is 2. The molecule has 0 unspecified atom stereocenters. The zero-order valence-electron chi connectivity index (χ0n) is 8.91. The van der Waals surface area contributed by atoms with Crippen molar-refractivity contribution >= 4 is 11.6 Å². The molecule has 0 aliphatic heterocycles. The molecule has 1 atom stereocenters. The Hall–Kier alpha value is -1.95. The van der Waals surface area contributed by atoms with Crippen LogP contribution in [0.1, 0.15) is 29.2 Å². The lowest BCUT2D eigenvalue weighted by Crippen LogP contribution is -2.05. The Labute approximate surface area is 91.5 Å². The van der Waals surface area contributed by atoms with Crippen LogP contribution in [-0.4, -0.2) is 32.8 Å². The van der Waals surface area contributed by atoms with Crippen LogP contribution >= 0.6 is 0 Å². The number of hydrogen-bond acceptors (Lipinski definition) is 5. The molecule has 16 heavy (non-hydrogen) atoms. The molecule has 0 aliphatic rings. The maximum absolute atomic E-state index is 11.3. The number of methoxy groups -OCH3 is 1. The van der Waals surface area contributed by atoms with Crippen molar-refractivity contribution in [3.8, 4) is 0 Å². The van der Waals surface area contributed by atoms with E-state index in [0.29, 0.717) is 17.0 Å². The number of nitrogens with zero attached hydrogens (tertiary/aromatic N) is 3. The molecule has 2 heterocycles. The van der Waals surface area contributed by atoms with Gasteiger partial charge in [-0.05, 0) is 19.1 Å². The second-order valence-electron chi connectivity index (χ2n) is 3.37. The Kier molecular flexibility index (Phi) is 2.57. The zero-order chi connectivity index (χ0) is 11.7. The number of esters is 1. The van der Waals surface area contributed by atoms with Crippen molar-refractivity contribution in [2.45, 2.75) is 13.0 Å². The van der Waals surface area contributed by atoms with E-state index in [1.165, 1.54) is 7.11 Å². The lowest BCUT2D eigenvalue weighted by Gasteiger charge is -2.03. The third kappa shape index (κ3) is 1.63. The lowest BCUT2D eigenvalue weighted by molar-refractivity contribution is 0.0600. The quantitative estimate of drug-likeness (QED) is 0.750. The average molecular weight is 221 g/mol. The fraction of sp³-hybridized carbons (Fsp3) is 0.300. The second kappa shape index (κ2) is 3.90. The largest absolute Gasteiger partial charge is 0.465 e. The minimum Gasteiger partial charge on any atom is -0.465 e. The van der Waals surface area contributed by atoms with Crippen LogP contribution in [0.25, 0.3) is 5.65 Å². The van der Waals surface area contributed by atoms with Gasteiger partial charge < -0.3 is 9.84 Å². The Morgan fingerprint density at radius 2 is 2.25 bits per heavy atom. The molecule has 2 aromatic rings. The van der Waals surface area contributed by atoms with Crippen molar-refractivity contribution in [3.05, 3.63) is 29.7 Å².